The molecule has 7 nitrogen and oxygen atoms in total. The first-order valence-electron chi connectivity index (χ1n) is 4.37. The monoisotopic (exact) mass is 268 g/mol. The Balaban J connectivity index is 3.39. The molecule has 0 aliphatic heterocycles. The molecular formula is C8H7F3N2O5. The smallest absolute Gasteiger partial charge is 0.489 e. The minimum atomic E-state index is -5.10. The highest BCUT2D eigenvalue weighted by Crippen LogP contribution is 2.40. The lowest BCUT2D eigenvalue weighted by Crippen LogP contribution is -2.18. The van der Waals surface area contributed by atoms with E-state index in [2.05, 4.69) is 14.5 Å². The first-order chi connectivity index (χ1) is 8.30. The molecule has 1 heterocycles. The summed E-state index contributed by atoms with van der Waals surface area (Å²) in [4.78, 5) is 13.0. The van der Waals surface area contributed by atoms with E-state index in [0.29, 0.717) is 6.20 Å². The Bertz CT molecular complexity index is 463. The van der Waals surface area contributed by atoms with Gasteiger partial charge in [-0.15, -0.1) is 13.2 Å². The van der Waals surface area contributed by atoms with Crippen LogP contribution in [-0.4, -0.2) is 28.5 Å². The topological polar surface area (TPSA) is 94.7 Å². The zero-order valence-corrected chi connectivity index (χ0v) is 8.89. The summed E-state index contributed by atoms with van der Waals surface area (Å²) in [6.07, 6.45) is -4.60. The van der Waals surface area contributed by atoms with E-state index in [1.807, 2.05) is 0 Å². The molecule has 0 saturated carbocycles. The molecule has 0 radical (unpaired) electrons. The first kappa shape index (κ1) is 14.0. The second-order valence-electron chi connectivity index (χ2n) is 2.91. The molecule has 0 spiro atoms. The van der Waals surface area contributed by atoms with Gasteiger partial charge in [-0.25, -0.2) is 0 Å². The van der Waals surface area contributed by atoms with Crippen molar-refractivity contribution in [2.24, 2.45) is 0 Å². The van der Waals surface area contributed by atoms with Crippen molar-refractivity contribution >= 4 is 5.69 Å². The molecule has 1 rings (SSSR count). The van der Waals surface area contributed by atoms with Crippen LogP contribution in [0.3, 0.4) is 0 Å². The number of halogens is 3. The molecule has 0 amide bonds. The van der Waals surface area contributed by atoms with Gasteiger partial charge in [-0.05, 0) is 0 Å². The van der Waals surface area contributed by atoms with E-state index in [1.165, 1.54) is 0 Å². The van der Waals surface area contributed by atoms with Crippen LogP contribution in [0.5, 0.6) is 11.5 Å². The van der Waals surface area contributed by atoms with Gasteiger partial charge in [-0.1, -0.05) is 0 Å². The Morgan fingerprint density at radius 1 is 1.56 bits per heavy atom. The Kier molecular flexibility index (Phi) is 3.91. The number of pyridine rings is 1. The fraction of sp³-hybridized carbons (Fsp3) is 0.375. The highest BCUT2D eigenvalue weighted by atomic mass is 19.4. The van der Waals surface area contributed by atoms with Crippen molar-refractivity contribution in [3.8, 4) is 11.5 Å². The van der Waals surface area contributed by atoms with Crippen molar-refractivity contribution in [2.45, 2.75) is 13.0 Å². The van der Waals surface area contributed by atoms with E-state index >= 15 is 0 Å². The van der Waals surface area contributed by atoms with E-state index in [-0.39, 0.29) is 5.69 Å². The van der Waals surface area contributed by atoms with Crippen LogP contribution < -0.4 is 9.47 Å². The molecule has 1 aromatic heterocycles. The number of aliphatic hydroxyl groups excluding tert-OH is 1. The lowest BCUT2D eigenvalue weighted by atomic mass is 10.2. The van der Waals surface area contributed by atoms with Gasteiger partial charge in [0.2, 0.25) is 11.5 Å². The van der Waals surface area contributed by atoms with Gasteiger partial charge in [-0.3, -0.25) is 15.1 Å². The standard InChI is InChI=1S/C8H7F3N2O5/c1-17-7-4(3-14)12-2-5(6(7)13(15)16)18-8(9,10)11/h2,14H,3H2,1H3. The predicted molar refractivity (Wildman–Crippen MR) is 50.0 cm³/mol. The second kappa shape index (κ2) is 5.04. The molecule has 0 unspecified atom stereocenters. The number of methoxy groups -OCH3 is 1. The van der Waals surface area contributed by atoms with Crippen molar-refractivity contribution in [1.29, 1.82) is 0 Å². The predicted octanol–water partition coefficient (Wildman–Crippen LogP) is 1.39. The number of rotatable bonds is 4. The average molecular weight is 268 g/mol. The fourth-order valence-electron chi connectivity index (χ4n) is 1.20. The number of hydrogen-bond donors (Lipinski definition) is 1. The van der Waals surface area contributed by atoms with Crippen molar-refractivity contribution in [3.63, 3.8) is 0 Å². The van der Waals surface area contributed by atoms with Crippen LogP contribution in [0.4, 0.5) is 18.9 Å². The summed E-state index contributed by atoms with van der Waals surface area (Å²) in [7, 11) is 1.00. The Morgan fingerprint density at radius 2 is 2.17 bits per heavy atom. The lowest BCUT2D eigenvalue weighted by molar-refractivity contribution is -0.389. The summed E-state index contributed by atoms with van der Waals surface area (Å²) < 4.78 is 44.2. The van der Waals surface area contributed by atoms with Crippen molar-refractivity contribution in [1.82, 2.24) is 4.98 Å². The van der Waals surface area contributed by atoms with Crippen LogP contribution in [-0.2, 0) is 6.61 Å². The minimum Gasteiger partial charge on any atom is -0.489 e. The molecule has 0 fully saturated rings. The summed E-state index contributed by atoms with van der Waals surface area (Å²) >= 11 is 0. The molecule has 100 valence electrons. The normalized spacial score (nSPS) is 11.2. The third-order valence-corrected chi connectivity index (χ3v) is 1.81. The van der Waals surface area contributed by atoms with E-state index in [4.69, 9.17) is 5.11 Å². The highest BCUT2D eigenvalue weighted by molar-refractivity contribution is 5.58. The van der Waals surface area contributed by atoms with Gasteiger partial charge in [0, 0.05) is 0 Å². The zero-order valence-electron chi connectivity index (χ0n) is 8.89. The molecule has 1 aromatic rings. The third-order valence-electron chi connectivity index (χ3n) is 1.81. The van der Waals surface area contributed by atoms with E-state index < -0.39 is 35.1 Å². The van der Waals surface area contributed by atoms with Gasteiger partial charge in [0.25, 0.3) is 0 Å². The molecule has 0 saturated heterocycles. The van der Waals surface area contributed by atoms with Crippen LogP contribution in [0.2, 0.25) is 0 Å². The lowest BCUT2D eigenvalue weighted by Gasteiger charge is -2.12. The number of nitro groups is 1. The molecule has 0 aliphatic rings. The number of nitrogens with zero attached hydrogens (tertiary/aromatic N) is 2. The van der Waals surface area contributed by atoms with Crippen molar-refractivity contribution in [2.75, 3.05) is 7.11 Å². The summed E-state index contributed by atoms with van der Waals surface area (Å²) in [5.41, 5.74) is -1.31. The molecule has 0 bridgehead atoms. The summed E-state index contributed by atoms with van der Waals surface area (Å²) in [6, 6.07) is 0. The maximum atomic E-state index is 12.0. The van der Waals surface area contributed by atoms with Crippen molar-refractivity contribution < 1.29 is 32.7 Å². The van der Waals surface area contributed by atoms with E-state index in [0.717, 1.165) is 7.11 Å². The Morgan fingerprint density at radius 3 is 2.56 bits per heavy atom. The number of ether oxygens (including phenoxy) is 2. The molecular weight excluding hydrogens is 261 g/mol. The molecule has 10 heteroatoms. The number of hydrogen-bond acceptors (Lipinski definition) is 6. The summed E-state index contributed by atoms with van der Waals surface area (Å²) in [6.45, 7) is -0.726. The second-order valence-corrected chi connectivity index (χ2v) is 2.91. The fourth-order valence-corrected chi connectivity index (χ4v) is 1.20. The van der Waals surface area contributed by atoms with Crippen LogP contribution in [0.25, 0.3) is 0 Å². The number of aromatic nitrogens is 1. The number of aliphatic hydroxyl groups is 1. The summed E-state index contributed by atoms with van der Waals surface area (Å²) in [5, 5.41) is 19.6. The minimum absolute atomic E-state index is 0.265. The van der Waals surface area contributed by atoms with Gasteiger partial charge in [0.1, 0.15) is 5.69 Å². The molecule has 0 atom stereocenters. The quantitative estimate of drug-likeness (QED) is 0.655. The van der Waals surface area contributed by atoms with Crippen LogP contribution in [0.15, 0.2) is 6.20 Å². The number of alkyl halides is 3. The largest absolute Gasteiger partial charge is 0.573 e. The van der Waals surface area contributed by atoms with Gasteiger partial charge < -0.3 is 14.6 Å². The zero-order chi connectivity index (χ0) is 13.9. The van der Waals surface area contributed by atoms with Gasteiger partial charge >= 0.3 is 12.0 Å². The maximum absolute atomic E-state index is 12.0. The van der Waals surface area contributed by atoms with Gasteiger partial charge in [-0.2, -0.15) is 0 Å². The summed E-state index contributed by atoms with van der Waals surface area (Å²) in [5.74, 6) is -1.69. The molecule has 0 aliphatic carbocycles. The van der Waals surface area contributed by atoms with Crippen LogP contribution >= 0.6 is 0 Å². The van der Waals surface area contributed by atoms with E-state index in [1.54, 1.807) is 0 Å². The van der Waals surface area contributed by atoms with Crippen LogP contribution in [0.1, 0.15) is 5.69 Å². The van der Waals surface area contributed by atoms with Crippen LogP contribution in [0, 0.1) is 10.1 Å². The highest BCUT2D eigenvalue weighted by Gasteiger charge is 2.37. The maximum Gasteiger partial charge on any atom is 0.573 e. The molecule has 0 aromatic carbocycles. The van der Waals surface area contributed by atoms with Gasteiger partial charge in [0.15, 0.2) is 0 Å². The average Bonchev–Trinajstić information content (AvgIpc) is 2.25. The third kappa shape index (κ3) is 2.97. The molecule has 18 heavy (non-hydrogen) atoms. The van der Waals surface area contributed by atoms with Crippen molar-refractivity contribution in [3.05, 3.63) is 22.0 Å². The Hall–Kier alpha value is -2.10. The molecule has 1 N–H and O–H groups in total. The SMILES string of the molecule is COc1c(CO)ncc(OC(F)(F)F)c1[N+](=O)[O-]. The van der Waals surface area contributed by atoms with Gasteiger partial charge in [0.05, 0.1) is 24.8 Å². The Labute approximate surface area is 97.9 Å². The van der Waals surface area contributed by atoms with E-state index in [9.17, 15) is 23.3 Å². The first-order valence-corrected chi connectivity index (χ1v) is 4.37.